The number of H-pyrrole nitrogens is 1. The van der Waals surface area contributed by atoms with Crippen LogP contribution >= 0.6 is 67.8 Å². The van der Waals surface area contributed by atoms with E-state index in [2.05, 4.69) is 118 Å². The molecular formula is C68H92I3N15O18S. The Morgan fingerprint density at radius 3 is 1.28 bits per heavy atom. The molecule has 10 heterocycles. The fourth-order valence-corrected chi connectivity index (χ4v) is 17.0. The van der Waals surface area contributed by atoms with Gasteiger partial charge in [0.15, 0.2) is 40.1 Å². The maximum Gasteiger partial charge on any atom is 0.297 e. The number of ketones is 4. The number of nitrogens with zero attached hydrogens (tertiary/aromatic N) is 11. The maximum absolute atomic E-state index is 12.2. The number of aromatic nitrogens is 12. The molecular weight excluding hydrogens is 1730 g/mol. The SMILES string of the molecule is Cc1ccc(S(=O)(=O)OC2CCC3(CC2)OCCO3)cc1.Nc1ncnc2c1c(I)nn2C1CCC(=O)CC1.Nc1ncnc2c1c(I)nn2C1CCC2(CC1)OCCO2.Nc1ncnc2n[nH]c(I)c12.O=C1CCC(=O)CC1.O=C1CCC2(CC1)OCCO2.OC1CCC2(CC1)OCCO2.OCCO. The van der Waals surface area contributed by atoms with Crippen LogP contribution in [0.15, 0.2) is 48.1 Å². The molecule has 4 spiro atoms. The number of ether oxygens (including phenoxy) is 8. The number of anilines is 3. The fraction of sp³-hybridized carbons (Fsp3) is 0.632. The van der Waals surface area contributed by atoms with E-state index in [1.165, 1.54) is 19.0 Å². The highest BCUT2D eigenvalue weighted by Gasteiger charge is 2.44. The second-order valence-corrected chi connectivity index (χ2v) is 31.4. The molecule has 0 radical (unpaired) electrons. The summed E-state index contributed by atoms with van der Waals surface area (Å²) in [5, 5.41) is 42.8. The van der Waals surface area contributed by atoms with Gasteiger partial charge in [-0.1, -0.05) is 17.7 Å². The number of hydrogen-bond donors (Lipinski definition) is 7. The van der Waals surface area contributed by atoms with Crippen molar-refractivity contribution in [3.05, 3.63) is 59.9 Å². The van der Waals surface area contributed by atoms with Gasteiger partial charge in [-0.05, 0) is 138 Å². The number of benzene rings is 1. The number of aliphatic hydroxyl groups is 3. The fourth-order valence-electron chi connectivity index (χ4n) is 13.7. The summed E-state index contributed by atoms with van der Waals surface area (Å²) >= 11 is 6.44. The minimum atomic E-state index is -3.69. The van der Waals surface area contributed by atoms with Crippen LogP contribution in [0.3, 0.4) is 0 Å². The molecule has 4 aliphatic heterocycles. The van der Waals surface area contributed by atoms with Gasteiger partial charge in [0.05, 0.1) is 111 Å². The number of rotatable bonds is 6. The Balaban J connectivity index is 0.000000133. The third-order valence-electron chi connectivity index (χ3n) is 19.5. The number of carbonyl (C=O) groups excluding carboxylic acids is 4. The first-order valence-electron chi connectivity index (χ1n) is 35.4. The number of nitrogens with two attached hydrogens (primary N) is 3. The number of nitrogen functional groups attached to an aromatic ring is 3. The van der Waals surface area contributed by atoms with E-state index >= 15 is 0 Å². The van der Waals surface area contributed by atoms with Crippen molar-refractivity contribution < 1.29 is 85.0 Å². The Morgan fingerprint density at radius 2 is 0.857 bits per heavy atom. The highest BCUT2D eigenvalue weighted by atomic mass is 127. The first kappa shape index (κ1) is 82.1. The van der Waals surface area contributed by atoms with Crippen LogP contribution in [0.1, 0.15) is 172 Å². The van der Waals surface area contributed by atoms with Crippen LogP contribution in [0, 0.1) is 18.0 Å². The van der Waals surface area contributed by atoms with Crippen molar-refractivity contribution in [2.45, 2.75) is 213 Å². The zero-order chi connectivity index (χ0) is 74.8. The minimum Gasteiger partial charge on any atom is -0.394 e. The third-order valence-corrected chi connectivity index (χ3v) is 23.1. The van der Waals surface area contributed by atoms with E-state index in [1.807, 2.05) is 16.3 Å². The molecule has 0 amide bonds. The molecule has 6 aromatic heterocycles. The van der Waals surface area contributed by atoms with Gasteiger partial charge in [-0.15, -0.1) is 0 Å². The Labute approximate surface area is 647 Å². The number of Topliss-reactive ketones (excluding diaryl/α,β-unsaturated/α-hetero) is 4. The summed E-state index contributed by atoms with van der Waals surface area (Å²) in [6, 6.07) is 7.25. The van der Waals surface area contributed by atoms with E-state index < -0.39 is 15.9 Å². The van der Waals surface area contributed by atoms with Gasteiger partial charge >= 0.3 is 0 Å². The molecule has 0 bridgehead atoms. The lowest BCUT2D eigenvalue weighted by Gasteiger charge is -2.35. The van der Waals surface area contributed by atoms with Gasteiger partial charge in [-0.2, -0.15) is 23.7 Å². The molecule has 33 nitrogen and oxygen atoms in total. The Bertz CT molecular complexity index is 4090. The van der Waals surface area contributed by atoms with Crippen LogP contribution in [0.2, 0.25) is 0 Å². The van der Waals surface area contributed by atoms with E-state index in [9.17, 15) is 32.7 Å². The molecule has 4 saturated heterocycles. The van der Waals surface area contributed by atoms with Gasteiger partial charge in [-0.25, -0.2) is 39.3 Å². The molecule has 6 saturated carbocycles. The number of aliphatic hydroxyl groups excluding tert-OH is 3. The average Bonchev–Trinajstić information content (AvgIpc) is 1.66. The van der Waals surface area contributed by atoms with E-state index in [0.717, 1.165) is 134 Å². The average molecular weight is 1820 g/mol. The van der Waals surface area contributed by atoms with Crippen LogP contribution in [0.5, 0.6) is 0 Å². The minimum absolute atomic E-state index is 0.125. The highest BCUT2D eigenvalue weighted by Crippen LogP contribution is 2.43. The van der Waals surface area contributed by atoms with Crippen molar-refractivity contribution in [1.82, 2.24) is 59.7 Å². The standard InChI is InChI=1S/C15H20O5S.C13H16IN5O2.C11H12IN5O.C8H14O3.C8H12O3.C6H8O2.C5H4IN5.C2H6O2/c1-12-2-4-14(5-3-12)21(16,17)20-13-6-8-15(9-7-13)18-10-11-19-15;14-10-9-11(15)16-7-17-12(9)19(18-10)8-1-3-13(4-2-8)20-5-6-21-13;12-9-8-10(13)14-5-15-11(8)17(16-9)6-1-3-7(18)4-2-6;2*9-7-1-3-8(4-2-7)10-5-6-11-8;7-5-1-2-6(8)4-3-5;6-3-2-4(7)8-1-9-5(2)11-10-3;3-1-2-4/h2-5,13H,6-11H2,1H3;7-8H,1-6H2,(H2,15,16,17);5-6H,1-4H2,(H2,13,14,15);7,9H,1-6H2;1-6H2;1-4H2;1H,(H3,7,8,9,10,11);3-4H,1-2H2. The third kappa shape index (κ3) is 22.2. The number of hydrogen-bond acceptors (Lipinski definition) is 30. The molecule has 0 unspecified atom stereocenters. The van der Waals surface area contributed by atoms with E-state index in [0.29, 0.717) is 157 Å². The van der Waals surface area contributed by atoms with Gasteiger partial charge in [-0.3, -0.25) is 28.5 Å². The van der Waals surface area contributed by atoms with E-state index in [1.54, 1.807) is 24.3 Å². The second-order valence-electron chi connectivity index (χ2n) is 26.7. The largest absolute Gasteiger partial charge is 0.394 e. The summed E-state index contributed by atoms with van der Waals surface area (Å²) in [7, 11) is -3.69. The predicted octanol–water partition coefficient (Wildman–Crippen LogP) is 7.70. The van der Waals surface area contributed by atoms with Crippen molar-refractivity contribution in [3.63, 3.8) is 0 Å². The van der Waals surface area contributed by atoms with Gasteiger partial charge in [0.2, 0.25) is 0 Å². The number of aromatic amines is 1. The lowest BCUT2D eigenvalue weighted by atomic mass is 9.90. The normalized spacial score (nSPS) is 22.5. The molecule has 7 aromatic rings. The molecule has 10 N–H and O–H groups in total. The quantitative estimate of drug-likeness (QED) is 0.0619. The molecule has 0 atom stereocenters. The zero-order valence-electron chi connectivity index (χ0n) is 58.6. The first-order chi connectivity index (χ1) is 50.4. The summed E-state index contributed by atoms with van der Waals surface area (Å²) in [5.41, 5.74) is 20.6. The van der Waals surface area contributed by atoms with Crippen molar-refractivity contribution in [3.8, 4) is 0 Å². The van der Waals surface area contributed by atoms with Crippen LogP contribution < -0.4 is 17.2 Å². The lowest BCUT2D eigenvalue weighted by molar-refractivity contribution is -0.187. The number of carbonyl (C=O) groups is 4. The Hall–Kier alpha value is -5.39. The van der Waals surface area contributed by atoms with E-state index in [4.69, 9.17) is 69.5 Å². The van der Waals surface area contributed by atoms with Crippen molar-refractivity contribution in [2.24, 2.45) is 0 Å². The number of halogens is 3. The van der Waals surface area contributed by atoms with Gasteiger partial charge in [0, 0.05) is 103 Å². The van der Waals surface area contributed by atoms with Crippen molar-refractivity contribution in [1.29, 1.82) is 0 Å². The Morgan fingerprint density at radius 1 is 0.495 bits per heavy atom. The summed E-state index contributed by atoms with van der Waals surface area (Å²) < 4.78 is 81.0. The molecule has 10 fully saturated rings. The Kier molecular flexibility index (Phi) is 30.0. The van der Waals surface area contributed by atoms with Gasteiger partial charge in [0.1, 0.15) is 70.7 Å². The number of aryl methyl sites for hydroxylation is 1. The van der Waals surface area contributed by atoms with Gasteiger partial charge in [0.25, 0.3) is 10.1 Å². The van der Waals surface area contributed by atoms with Crippen LogP contribution in [-0.4, -0.2) is 208 Å². The van der Waals surface area contributed by atoms with Crippen molar-refractivity contribution >= 4 is 152 Å². The lowest BCUT2D eigenvalue weighted by Crippen LogP contribution is -2.38. The number of fused-ring (bicyclic) bond motifs is 3. The zero-order valence-corrected chi connectivity index (χ0v) is 65.8. The monoisotopic (exact) mass is 1820 g/mol. The summed E-state index contributed by atoms with van der Waals surface area (Å²) in [4.78, 5) is 67.8. The smallest absolute Gasteiger partial charge is 0.297 e. The number of nitrogens with one attached hydrogen (secondary N) is 1. The van der Waals surface area contributed by atoms with Crippen molar-refractivity contribution in [2.75, 3.05) is 83.3 Å². The molecule has 6 aliphatic carbocycles. The van der Waals surface area contributed by atoms with Crippen LogP contribution in [0.4, 0.5) is 17.5 Å². The summed E-state index contributed by atoms with van der Waals surface area (Å²) in [6.45, 7) is 7.13. The van der Waals surface area contributed by atoms with Gasteiger partial charge < -0.3 is 70.4 Å². The predicted molar refractivity (Wildman–Crippen MR) is 405 cm³/mol. The highest BCUT2D eigenvalue weighted by molar-refractivity contribution is 14.1. The first-order valence-corrected chi connectivity index (χ1v) is 40.1. The molecule has 574 valence electrons. The molecule has 10 aliphatic rings. The topological polar surface area (TPSA) is 466 Å². The van der Waals surface area contributed by atoms with Crippen LogP contribution in [-0.2, 0) is 71.4 Å². The summed E-state index contributed by atoms with van der Waals surface area (Å²) in [6.07, 6.45) is 21.3. The summed E-state index contributed by atoms with van der Waals surface area (Å²) in [5.74, 6) is 1.07. The molecule has 105 heavy (non-hydrogen) atoms. The molecule has 1 aromatic carbocycles. The van der Waals surface area contributed by atoms with E-state index in [-0.39, 0.29) is 65.3 Å². The van der Waals surface area contributed by atoms with Crippen LogP contribution in [0.25, 0.3) is 33.1 Å². The maximum atomic E-state index is 12.2. The second kappa shape index (κ2) is 38.3. The molecule has 37 heteroatoms. The molecule has 17 rings (SSSR count).